The average molecular weight is 256 g/mol. The van der Waals surface area contributed by atoms with E-state index in [9.17, 15) is 0 Å². The predicted molar refractivity (Wildman–Crippen MR) is 77.5 cm³/mol. The van der Waals surface area contributed by atoms with Crippen molar-refractivity contribution in [2.45, 2.75) is 51.5 Å². The highest BCUT2D eigenvalue weighted by Gasteiger charge is 2.40. The van der Waals surface area contributed by atoms with Gasteiger partial charge in [0.1, 0.15) is 0 Å². The lowest BCUT2D eigenvalue weighted by Gasteiger charge is -2.50. The van der Waals surface area contributed by atoms with Gasteiger partial charge in [0, 0.05) is 17.8 Å². The van der Waals surface area contributed by atoms with Crippen molar-refractivity contribution in [3.8, 4) is 0 Å². The van der Waals surface area contributed by atoms with Crippen LogP contribution in [0.1, 0.15) is 46.0 Å². The van der Waals surface area contributed by atoms with Gasteiger partial charge in [0.05, 0.1) is 0 Å². The molecule has 2 rings (SSSR count). The molecule has 2 saturated heterocycles. The SMILES string of the molecule is CCC1(C)CCN(C2(CN)CCCSC2)CC1. The monoisotopic (exact) mass is 256 g/mol. The van der Waals surface area contributed by atoms with Crippen molar-refractivity contribution in [1.29, 1.82) is 0 Å². The summed E-state index contributed by atoms with van der Waals surface area (Å²) in [4.78, 5) is 2.72. The lowest BCUT2D eigenvalue weighted by molar-refractivity contribution is 0.0308. The summed E-state index contributed by atoms with van der Waals surface area (Å²) in [7, 11) is 0. The van der Waals surface area contributed by atoms with Crippen LogP contribution in [0, 0.1) is 5.41 Å². The minimum absolute atomic E-state index is 0.331. The van der Waals surface area contributed by atoms with E-state index in [1.54, 1.807) is 0 Å². The van der Waals surface area contributed by atoms with Gasteiger partial charge in [-0.1, -0.05) is 20.3 Å². The number of rotatable bonds is 3. The molecule has 0 aromatic rings. The highest BCUT2D eigenvalue weighted by Crippen LogP contribution is 2.39. The number of nitrogens with two attached hydrogens (primary N) is 1. The fraction of sp³-hybridized carbons (Fsp3) is 1.00. The molecule has 2 heterocycles. The molecular formula is C14H28N2S. The molecule has 0 saturated carbocycles. The van der Waals surface area contributed by atoms with Gasteiger partial charge in [-0.3, -0.25) is 4.90 Å². The van der Waals surface area contributed by atoms with Crippen LogP contribution in [0.25, 0.3) is 0 Å². The van der Waals surface area contributed by atoms with E-state index in [0.717, 1.165) is 6.54 Å². The van der Waals surface area contributed by atoms with Gasteiger partial charge in [0.25, 0.3) is 0 Å². The lowest BCUT2D eigenvalue weighted by atomic mass is 9.76. The maximum atomic E-state index is 6.11. The Hall–Kier alpha value is 0.270. The predicted octanol–water partition coefficient (Wildman–Crippen LogP) is 2.72. The molecule has 17 heavy (non-hydrogen) atoms. The zero-order chi connectivity index (χ0) is 12.4. The summed E-state index contributed by atoms with van der Waals surface area (Å²) in [6.45, 7) is 8.17. The van der Waals surface area contributed by atoms with Crippen LogP contribution in [0.4, 0.5) is 0 Å². The second-order valence-corrected chi connectivity index (χ2v) is 7.34. The fourth-order valence-corrected chi connectivity index (χ4v) is 4.57. The molecule has 1 atom stereocenters. The summed E-state index contributed by atoms with van der Waals surface area (Å²) >= 11 is 2.10. The van der Waals surface area contributed by atoms with Gasteiger partial charge >= 0.3 is 0 Å². The molecule has 2 fully saturated rings. The number of thioether (sulfide) groups is 1. The van der Waals surface area contributed by atoms with Gasteiger partial charge in [-0.05, 0) is 49.9 Å². The molecule has 0 aromatic heterocycles. The number of nitrogens with zero attached hydrogens (tertiary/aromatic N) is 1. The third-order valence-corrected chi connectivity index (χ3v) is 6.50. The largest absolute Gasteiger partial charge is 0.329 e. The molecular weight excluding hydrogens is 228 g/mol. The van der Waals surface area contributed by atoms with Crippen LogP contribution >= 0.6 is 11.8 Å². The first-order valence-corrected chi connectivity index (χ1v) is 8.32. The van der Waals surface area contributed by atoms with Crippen LogP contribution in [0.15, 0.2) is 0 Å². The summed E-state index contributed by atoms with van der Waals surface area (Å²) in [6, 6.07) is 0. The number of hydrogen-bond donors (Lipinski definition) is 1. The number of piperidine rings is 1. The minimum atomic E-state index is 0.331. The van der Waals surface area contributed by atoms with Gasteiger partial charge in [-0.2, -0.15) is 11.8 Å². The second-order valence-electron chi connectivity index (χ2n) is 6.24. The Morgan fingerprint density at radius 3 is 2.41 bits per heavy atom. The van der Waals surface area contributed by atoms with E-state index in [1.165, 1.54) is 56.7 Å². The smallest absolute Gasteiger partial charge is 0.0422 e. The highest BCUT2D eigenvalue weighted by molar-refractivity contribution is 7.99. The Morgan fingerprint density at radius 1 is 1.24 bits per heavy atom. The minimum Gasteiger partial charge on any atom is -0.329 e. The van der Waals surface area contributed by atoms with E-state index in [0.29, 0.717) is 11.0 Å². The summed E-state index contributed by atoms with van der Waals surface area (Å²) in [5.41, 5.74) is 7.04. The van der Waals surface area contributed by atoms with Gasteiger partial charge in [0.15, 0.2) is 0 Å². The topological polar surface area (TPSA) is 29.3 Å². The third-order valence-electron chi connectivity index (χ3n) is 5.18. The molecule has 0 amide bonds. The van der Waals surface area contributed by atoms with Gasteiger partial charge < -0.3 is 5.73 Å². The molecule has 2 aliphatic heterocycles. The fourth-order valence-electron chi connectivity index (χ4n) is 3.25. The van der Waals surface area contributed by atoms with E-state index < -0.39 is 0 Å². The Balaban J connectivity index is 1.98. The summed E-state index contributed by atoms with van der Waals surface area (Å²) in [6.07, 6.45) is 6.71. The van der Waals surface area contributed by atoms with Crippen molar-refractivity contribution in [3.05, 3.63) is 0 Å². The van der Waals surface area contributed by atoms with Gasteiger partial charge in [-0.15, -0.1) is 0 Å². The zero-order valence-electron chi connectivity index (χ0n) is 11.5. The molecule has 0 spiro atoms. The lowest BCUT2D eigenvalue weighted by Crippen LogP contribution is -2.59. The molecule has 0 radical (unpaired) electrons. The van der Waals surface area contributed by atoms with Crippen LogP contribution in [-0.4, -0.2) is 41.6 Å². The first kappa shape index (κ1) is 13.7. The third kappa shape index (κ3) is 2.82. The molecule has 2 nitrogen and oxygen atoms in total. The first-order chi connectivity index (χ1) is 8.14. The molecule has 100 valence electrons. The number of likely N-dealkylation sites (tertiary alicyclic amines) is 1. The normalized spacial score (nSPS) is 34.8. The standard InChI is InChI=1S/C14H28N2S/c1-3-13(2)6-8-16(9-7-13)14(11-15)5-4-10-17-12-14/h3-12,15H2,1-2H3. The van der Waals surface area contributed by atoms with E-state index in [-0.39, 0.29) is 0 Å². The van der Waals surface area contributed by atoms with E-state index in [4.69, 9.17) is 5.73 Å². The van der Waals surface area contributed by atoms with E-state index >= 15 is 0 Å². The van der Waals surface area contributed by atoms with Crippen LogP contribution < -0.4 is 5.73 Å². The molecule has 2 aliphatic rings. The molecule has 3 heteroatoms. The molecule has 0 aromatic carbocycles. The summed E-state index contributed by atoms with van der Waals surface area (Å²) in [5, 5.41) is 0. The van der Waals surface area contributed by atoms with Crippen molar-refractivity contribution in [2.24, 2.45) is 11.1 Å². The molecule has 0 aliphatic carbocycles. The number of hydrogen-bond acceptors (Lipinski definition) is 3. The van der Waals surface area contributed by atoms with Crippen LogP contribution in [0.3, 0.4) is 0 Å². The second kappa shape index (κ2) is 5.50. The van der Waals surface area contributed by atoms with Crippen molar-refractivity contribution in [2.75, 3.05) is 31.1 Å². The van der Waals surface area contributed by atoms with Crippen molar-refractivity contribution >= 4 is 11.8 Å². The van der Waals surface area contributed by atoms with E-state index in [1.807, 2.05) is 0 Å². The van der Waals surface area contributed by atoms with Crippen LogP contribution in [-0.2, 0) is 0 Å². The van der Waals surface area contributed by atoms with E-state index in [2.05, 4.69) is 30.5 Å². The molecule has 2 N–H and O–H groups in total. The Bertz CT molecular complexity index is 241. The Kier molecular flexibility index (Phi) is 4.43. The molecule has 1 unspecified atom stereocenters. The van der Waals surface area contributed by atoms with Crippen molar-refractivity contribution in [3.63, 3.8) is 0 Å². The highest BCUT2D eigenvalue weighted by atomic mass is 32.2. The van der Waals surface area contributed by atoms with Gasteiger partial charge in [0.2, 0.25) is 0 Å². The first-order valence-electron chi connectivity index (χ1n) is 7.17. The quantitative estimate of drug-likeness (QED) is 0.842. The Morgan fingerprint density at radius 2 is 1.94 bits per heavy atom. The maximum absolute atomic E-state index is 6.11. The van der Waals surface area contributed by atoms with Crippen molar-refractivity contribution in [1.82, 2.24) is 4.90 Å². The zero-order valence-corrected chi connectivity index (χ0v) is 12.3. The molecule has 0 bridgehead atoms. The summed E-state index contributed by atoms with van der Waals surface area (Å²) < 4.78 is 0. The Labute approximate surface area is 111 Å². The van der Waals surface area contributed by atoms with Crippen LogP contribution in [0.5, 0.6) is 0 Å². The maximum Gasteiger partial charge on any atom is 0.0422 e. The average Bonchev–Trinajstić information content (AvgIpc) is 2.40. The summed E-state index contributed by atoms with van der Waals surface area (Å²) in [5.74, 6) is 2.59. The van der Waals surface area contributed by atoms with Crippen molar-refractivity contribution < 1.29 is 0 Å². The van der Waals surface area contributed by atoms with Gasteiger partial charge in [-0.25, -0.2) is 0 Å². The van der Waals surface area contributed by atoms with Crippen LogP contribution in [0.2, 0.25) is 0 Å².